The molecular weight excluding hydrogens is 264 g/mol. The summed E-state index contributed by atoms with van der Waals surface area (Å²) in [5, 5.41) is 3.14. The smallest absolute Gasteiger partial charge is 0.190 e. The number of benzene rings is 1. The van der Waals surface area contributed by atoms with E-state index < -0.39 is 11.6 Å². The molecule has 0 saturated carbocycles. The van der Waals surface area contributed by atoms with Gasteiger partial charge in [0.15, 0.2) is 17.4 Å². The van der Waals surface area contributed by atoms with Gasteiger partial charge in [-0.3, -0.25) is 0 Å². The molecule has 0 aliphatic rings. The maximum absolute atomic E-state index is 13.8. The van der Waals surface area contributed by atoms with E-state index in [1.54, 1.807) is 0 Å². The zero-order valence-electron chi connectivity index (χ0n) is 12.3. The standard InChI is InChI=1S/C15H23F2NO2/c1-4-19-5-6-20-15-13(16)7-12(8-14(15)17)10-18-9-11(2)3/h7-8,11,18H,4-6,9-10H2,1-3H3. The predicted molar refractivity (Wildman–Crippen MR) is 74.9 cm³/mol. The summed E-state index contributed by atoms with van der Waals surface area (Å²) in [6.07, 6.45) is 0. The second-order valence-corrected chi connectivity index (χ2v) is 4.96. The predicted octanol–water partition coefficient (Wildman–Crippen LogP) is 3.13. The lowest BCUT2D eigenvalue weighted by atomic mass is 10.1. The second-order valence-electron chi connectivity index (χ2n) is 4.96. The van der Waals surface area contributed by atoms with Gasteiger partial charge < -0.3 is 14.8 Å². The first-order valence-corrected chi connectivity index (χ1v) is 6.93. The van der Waals surface area contributed by atoms with Crippen molar-refractivity contribution < 1.29 is 18.3 Å². The van der Waals surface area contributed by atoms with Gasteiger partial charge in [0.25, 0.3) is 0 Å². The normalized spacial score (nSPS) is 11.1. The van der Waals surface area contributed by atoms with Crippen LogP contribution >= 0.6 is 0 Å². The Bertz CT molecular complexity index is 388. The third-order valence-electron chi connectivity index (χ3n) is 2.62. The number of hydrogen-bond donors (Lipinski definition) is 1. The molecule has 0 atom stereocenters. The summed E-state index contributed by atoms with van der Waals surface area (Å²) < 4.78 is 37.7. The summed E-state index contributed by atoms with van der Waals surface area (Å²) in [7, 11) is 0. The van der Waals surface area contributed by atoms with Crippen LogP contribution in [0, 0.1) is 17.6 Å². The van der Waals surface area contributed by atoms with Gasteiger partial charge >= 0.3 is 0 Å². The highest BCUT2D eigenvalue weighted by Gasteiger charge is 2.12. The zero-order valence-corrected chi connectivity index (χ0v) is 12.3. The maximum atomic E-state index is 13.8. The lowest BCUT2D eigenvalue weighted by Gasteiger charge is -2.11. The number of hydrogen-bond acceptors (Lipinski definition) is 3. The Morgan fingerprint density at radius 1 is 1.15 bits per heavy atom. The largest absolute Gasteiger partial charge is 0.485 e. The molecule has 5 heteroatoms. The Hall–Kier alpha value is -1.20. The molecular formula is C15H23F2NO2. The summed E-state index contributed by atoms with van der Waals surface area (Å²) in [5.74, 6) is -1.20. The Kier molecular flexibility index (Phi) is 7.47. The van der Waals surface area contributed by atoms with Gasteiger partial charge in [-0.05, 0) is 37.1 Å². The van der Waals surface area contributed by atoms with Crippen LogP contribution in [0.2, 0.25) is 0 Å². The van der Waals surface area contributed by atoms with Crippen LogP contribution in [0.1, 0.15) is 26.3 Å². The minimum absolute atomic E-state index is 0.132. The molecule has 0 unspecified atom stereocenters. The molecule has 1 aromatic carbocycles. The van der Waals surface area contributed by atoms with Crippen LogP contribution in [0.4, 0.5) is 8.78 Å². The number of halogens is 2. The van der Waals surface area contributed by atoms with Gasteiger partial charge in [-0.1, -0.05) is 13.8 Å². The van der Waals surface area contributed by atoms with Crippen molar-refractivity contribution in [3.05, 3.63) is 29.3 Å². The first kappa shape index (κ1) is 16.9. The molecule has 0 aliphatic heterocycles. The molecule has 20 heavy (non-hydrogen) atoms. The second kappa shape index (κ2) is 8.87. The van der Waals surface area contributed by atoms with Crippen LogP contribution in [0.3, 0.4) is 0 Å². The zero-order chi connectivity index (χ0) is 15.0. The fraction of sp³-hybridized carbons (Fsp3) is 0.600. The molecule has 0 amide bonds. The van der Waals surface area contributed by atoms with Crippen LogP contribution in [-0.4, -0.2) is 26.4 Å². The molecule has 3 nitrogen and oxygen atoms in total. The van der Waals surface area contributed by atoms with Crippen LogP contribution in [0.15, 0.2) is 12.1 Å². The van der Waals surface area contributed by atoms with E-state index in [9.17, 15) is 8.78 Å². The van der Waals surface area contributed by atoms with Crippen LogP contribution < -0.4 is 10.1 Å². The van der Waals surface area contributed by atoms with Crippen molar-refractivity contribution in [1.29, 1.82) is 0 Å². The van der Waals surface area contributed by atoms with Gasteiger partial charge in [0.2, 0.25) is 0 Å². The van der Waals surface area contributed by atoms with E-state index in [1.165, 1.54) is 12.1 Å². The summed E-state index contributed by atoms with van der Waals surface area (Å²) >= 11 is 0. The van der Waals surface area contributed by atoms with Crippen LogP contribution in [-0.2, 0) is 11.3 Å². The molecule has 0 aliphatic carbocycles. The molecule has 0 aromatic heterocycles. The highest BCUT2D eigenvalue weighted by Crippen LogP contribution is 2.23. The Morgan fingerprint density at radius 3 is 2.35 bits per heavy atom. The number of nitrogens with one attached hydrogen (secondary N) is 1. The molecule has 0 radical (unpaired) electrons. The highest BCUT2D eigenvalue weighted by molar-refractivity contribution is 5.31. The SMILES string of the molecule is CCOCCOc1c(F)cc(CNCC(C)C)cc1F. The van der Waals surface area contributed by atoms with Crippen LogP contribution in [0.5, 0.6) is 5.75 Å². The van der Waals surface area contributed by atoms with Crippen molar-refractivity contribution in [2.45, 2.75) is 27.3 Å². The van der Waals surface area contributed by atoms with E-state index >= 15 is 0 Å². The minimum Gasteiger partial charge on any atom is -0.485 e. The lowest BCUT2D eigenvalue weighted by molar-refractivity contribution is 0.107. The van der Waals surface area contributed by atoms with Gasteiger partial charge in [-0.15, -0.1) is 0 Å². The first-order chi connectivity index (χ1) is 9.54. The van der Waals surface area contributed by atoms with Gasteiger partial charge in [0, 0.05) is 13.2 Å². The monoisotopic (exact) mass is 287 g/mol. The van der Waals surface area contributed by atoms with Crippen molar-refractivity contribution in [1.82, 2.24) is 5.32 Å². The van der Waals surface area contributed by atoms with Gasteiger partial charge in [-0.2, -0.15) is 0 Å². The Labute approximate surface area is 119 Å². The first-order valence-electron chi connectivity index (χ1n) is 6.93. The average molecular weight is 287 g/mol. The number of ether oxygens (including phenoxy) is 2. The molecule has 1 rings (SSSR count). The fourth-order valence-electron chi connectivity index (χ4n) is 1.70. The Balaban J connectivity index is 2.56. The molecule has 0 heterocycles. The van der Waals surface area contributed by atoms with Crippen LogP contribution in [0.25, 0.3) is 0 Å². The molecule has 0 fully saturated rings. The maximum Gasteiger partial charge on any atom is 0.190 e. The summed E-state index contributed by atoms with van der Waals surface area (Å²) in [6.45, 7) is 8.22. The molecule has 1 N–H and O–H groups in total. The minimum atomic E-state index is -0.678. The van der Waals surface area contributed by atoms with Gasteiger partial charge in [0.1, 0.15) is 6.61 Å². The number of rotatable bonds is 9. The summed E-state index contributed by atoms with van der Waals surface area (Å²) in [5.41, 5.74) is 0.567. The average Bonchev–Trinajstić information content (AvgIpc) is 2.36. The van der Waals surface area contributed by atoms with E-state index in [2.05, 4.69) is 19.2 Å². The molecule has 114 valence electrons. The molecule has 1 aromatic rings. The van der Waals surface area contributed by atoms with Crippen molar-refractivity contribution in [3.8, 4) is 5.75 Å². The van der Waals surface area contributed by atoms with Gasteiger partial charge in [-0.25, -0.2) is 8.78 Å². The highest BCUT2D eigenvalue weighted by atomic mass is 19.1. The molecule has 0 saturated heterocycles. The summed E-state index contributed by atoms with van der Waals surface area (Å²) in [6, 6.07) is 2.60. The van der Waals surface area contributed by atoms with E-state index in [4.69, 9.17) is 9.47 Å². The Morgan fingerprint density at radius 2 is 1.80 bits per heavy atom. The van der Waals surface area contributed by atoms with E-state index in [-0.39, 0.29) is 12.4 Å². The summed E-state index contributed by atoms with van der Waals surface area (Å²) in [4.78, 5) is 0. The van der Waals surface area contributed by atoms with Crippen molar-refractivity contribution in [2.75, 3.05) is 26.4 Å². The third kappa shape index (κ3) is 5.84. The topological polar surface area (TPSA) is 30.5 Å². The fourth-order valence-corrected chi connectivity index (χ4v) is 1.70. The van der Waals surface area contributed by atoms with Gasteiger partial charge in [0.05, 0.1) is 6.61 Å². The lowest BCUT2D eigenvalue weighted by Crippen LogP contribution is -2.19. The third-order valence-corrected chi connectivity index (χ3v) is 2.62. The van der Waals surface area contributed by atoms with E-state index in [0.717, 1.165) is 6.54 Å². The molecule has 0 bridgehead atoms. The van der Waals surface area contributed by atoms with E-state index in [1.807, 2.05) is 6.92 Å². The van der Waals surface area contributed by atoms with Crippen molar-refractivity contribution in [2.24, 2.45) is 5.92 Å². The quantitative estimate of drug-likeness (QED) is 0.708. The molecule has 0 spiro atoms. The van der Waals surface area contributed by atoms with Crippen molar-refractivity contribution in [3.63, 3.8) is 0 Å². The van der Waals surface area contributed by atoms with E-state index in [0.29, 0.717) is 31.2 Å². The van der Waals surface area contributed by atoms with Crippen molar-refractivity contribution >= 4 is 0 Å².